The van der Waals surface area contributed by atoms with Gasteiger partial charge in [-0.05, 0) is 36.4 Å². The predicted octanol–water partition coefficient (Wildman–Crippen LogP) is 2.11. The van der Waals surface area contributed by atoms with Crippen LogP contribution in [0.25, 0.3) is 0 Å². The van der Waals surface area contributed by atoms with E-state index in [0.29, 0.717) is 11.3 Å². The van der Waals surface area contributed by atoms with Crippen LogP contribution in [0.1, 0.15) is 16.1 Å². The average Bonchev–Trinajstić information content (AvgIpc) is 2.41. The first-order valence-corrected chi connectivity index (χ1v) is 5.80. The van der Waals surface area contributed by atoms with Gasteiger partial charge in [0.15, 0.2) is 0 Å². The second-order valence-electron chi connectivity index (χ2n) is 3.76. The minimum Gasteiger partial charge on any atom is -0.389 e. The van der Waals surface area contributed by atoms with Crippen molar-refractivity contribution in [2.75, 3.05) is 5.32 Å². The molecule has 0 fully saturated rings. The van der Waals surface area contributed by atoms with Gasteiger partial charge in [0.25, 0.3) is 5.91 Å². The van der Waals surface area contributed by atoms with Crippen molar-refractivity contribution in [1.29, 1.82) is 0 Å². The molecule has 0 unspecified atom stereocenters. The molecule has 0 bridgehead atoms. The van der Waals surface area contributed by atoms with Gasteiger partial charge in [-0.3, -0.25) is 9.78 Å². The Morgan fingerprint density at radius 2 is 1.89 bits per heavy atom. The number of hydrogen-bond acceptors (Lipinski definition) is 3. The molecule has 0 atom stereocenters. The van der Waals surface area contributed by atoms with E-state index in [1.54, 1.807) is 6.07 Å². The lowest BCUT2D eigenvalue weighted by molar-refractivity contribution is 0.102. The number of carbonyl (C=O) groups is 1. The second kappa shape index (κ2) is 5.53. The molecule has 1 aromatic carbocycles. The Labute approximate surface area is 114 Å². The number of nitrogens with one attached hydrogen (secondary N) is 1. The standard InChI is InChI=1S/C13H10FN3OS/c14-9-2-4-10(5-3-9)17-13(18)11-6-1-8(7-16-11)12(15)19/h1-7H,(H2,15,19)(H,17,18). The number of benzene rings is 1. The molecule has 19 heavy (non-hydrogen) atoms. The van der Waals surface area contributed by atoms with E-state index < -0.39 is 0 Å². The molecular weight excluding hydrogens is 265 g/mol. The first kappa shape index (κ1) is 13.1. The number of halogens is 1. The van der Waals surface area contributed by atoms with Crippen molar-refractivity contribution in [1.82, 2.24) is 4.98 Å². The monoisotopic (exact) mass is 275 g/mol. The van der Waals surface area contributed by atoms with Crippen LogP contribution in [-0.4, -0.2) is 15.9 Å². The molecule has 0 saturated carbocycles. The highest BCUT2D eigenvalue weighted by molar-refractivity contribution is 7.80. The maximum absolute atomic E-state index is 12.7. The lowest BCUT2D eigenvalue weighted by Gasteiger charge is -2.05. The van der Waals surface area contributed by atoms with E-state index in [1.807, 2.05) is 0 Å². The number of pyridine rings is 1. The summed E-state index contributed by atoms with van der Waals surface area (Å²) >= 11 is 4.79. The minimum absolute atomic E-state index is 0.220. The van der Waals surface area contributed by atoms with Gasteiger partial charge in [-0.25, -0.2) is 4.39 Å². The fraction of sp³-hybridized carbons (Fsp3) is 0. The number of nitrogens with zero attached hydrogens (tertiary/aromatic N) is 1. The van der Waals surface area contributed by atoms with E-state index in [4.69, 9.17) is 18.0 Å². The zero-order valence-corrected chi connectivity index (χ0v) is 10.6. The fourth-order valence-electron chi connectivity index (χ4n) is 1.40. The summed E-state index contributed by atoms with van der Waals surface area (Å²) in [7, 11) is 0. The summed E-state index contributed by atoms with van der Waals surface area (Å²) in [5.41, 5.74) is 6.74. The number of anilines is 1. The number of hydrogen-bond donors (Lipinski definition) is 2. The van der Waals surface area contributed by atoms with E-state index in [2.05, 4.69) is 10.3 Å². The van der Waals surface area contributed by atoms with Crippen molar-refractivity contribution in [3.8, 4) is 0 Å². The quantitative estimate of drug-likeness (QED) is 0.842. The van der Waals surface area contributed by atoms with Crippen LogP contribution in [0, 0.1) is 5.82 Å². The van der Waals surface area contributed by atoms with E-state index in [0.717, 1.165) is 0 Å². The predicted molar refractivity (Wildman–Crippen MR) is 74.5 cm³/mol. The highest BCUT2D eigenvalue weighted by Crippen LogP contribution is 2.10. The summed E-state index contributed by atoms with van der Waals surface area (Å²) in [6.07, 6.45) is 1.43. The van der Waals surface area contributed by atoms with Gasteiger partial charge < -0.3 is 11.1 Å². The van der Waals surface area contributed by atoms with Crippen molar-refractivity contribution < 1.29 is 9.18 Å². The zero-order valence-electron chi connectivity index (χ0n) is 9.76. The Morgan fingerprint density at radius 1 is 1.21 bits per heavy atom. The van der Waals surface area contributed by atoms with E-state index in [9.17, 15) is 9.18 Å². The molecular formula is C13H10FN3OS. The van der Waals surface area contributed by atoms with E-state index in [-0.39, 0.29) is 22.4 Å². The second-order valence-corrected chi connectivity index (χ2v) is 4.20. The molecule has 3 N–H and O–H groups in total. The lowest BCUT2D eigenvalue weighted by Crippen LogP contribution is -2.15. The maximum atomic E-state index is 12.7. The summed E-state index contributed by atoms with van der Waals surface area (Å²) in [5.74, 6) is -0.752. The zero-order chi connectivity index (χ0) is 13.8. The third-order valence-electron chi connectivity index (χ3n) is 2.38. The topological polar surface area (TPSA) is 68.0 Å². The third-order valence-corrected chi connectivity index (χ3v) is 2.62. The summed E-state index contributed by atoms with van der Waals surface area (Å²) in [5, 5.41) is 2.60. The highest BCUT2D eigenvalue weighted by atomic mass is 32.1. The molecule has 4 nitrogen and oxygen atoms in total. The number of thiocarbonyl (C=S) groups is 1. The number of aromatic nitrogens is 1. The van der Waals surface area contributed by atoms with Crippen LogP contribution in [0.15, 0.2) is 42.6 Å². The van der Waals surface area contributed by atoms with Gasteiger partial charge >= 0.3 is 0 Å². The largest absolute Gasteiger partial charge is 0.389 e. The van der Waals surface area contributed by atoms with Crippen LogP contribution in [0.2, 0.25) is 0 Å². The van der Waals surface area contributed by atoms with E-state index in [1.165, 1.54) is 36.5 Å². The van der Waals surface area contributed by atoms with Crippen molar-refractivity contribution in [3.63, 3.8) is 0 Å². The van der Waals surface area contributed by atoms with Gasteiger partial charge in [0.2, 0.25) is 0 Å². The molecule has 96 valence electrons. The van der Waals surface area contributed by atoms with E-state index >= 15 is 0 Å². The Morgan fingerprint density at radius 3 is 2.42 bits per heavy atom. The molecule has 6 heteroatoms. The molecule has 1 amide bonds. The Balaban J connectivity index is 2.11. The first-order valence-electron chi connectivity index (χ1n) is 5.39. The summed E-state index contributed by atoms with van der Waals surface area (Å²) in [4.78, 5) is 16.0. The van der Waals surface area contributed by atoms with Crippen molar-refractivity contribution in [2.45, 2.75) is 0 Å². The molecule has 1 aromatic heterocycles. The Kier molecular flexibility index (Phi) is 3.82. The normalized spacial score (nSPS) is 9.95. The lowest BCUT2D eigenvalue weighted by atomic mass is 10.2. The van der Waals surface area contributed by atoms with Crippen LogP contribution in [0.5, 0.6) is 0 Å². The highest BCUT2D eigenvalue weighted by Gasteiger charge is 2.08. The molecule has 0 spiro atoms. The van der Waals surface area contributed by atoms with Gasteiger partial charge in [-0.2, -0.15) is 0 Å². The van der Waals surface area contributed by atoms with Gasteiger partial charge in [-0.15, -0.1) is 0 Å². The molecule has 0 aliphatic heterocycles. The molecule has 0 radical (unpaired) electrons. The first-order chi connectivity index (χ1) is 9.06. The smallest absolute Gasteiger partial charge is 0.274 e. The number of carbonyl (C=O) groups excluding carboxylic acids is 1. The van der Waals surface area contributed by atoms with Crippen LogP contribution in [0.3, 0.4) is 0 Å². The molecule has 0 aliphatic carbocycles. The summed E-state index contributed by atoms with van der Waals surface area (Å²) in [6.45, 7) is 0. The summed E-state index contributed by atoms with van der Waals surface area (Å²) < 4.78 is 12.7. The summed E-state index contributed by atoms with van der Waals surface area (Å²) in [6, 6.07) is 8.60. The average molecular weight is 275 g/mol. The number of rotatable bonds is 3. The minimum atomic E-state index is -0.388. The SMILES string of the molecule is NC(=S)c1ccc(C(=O)Nc2ccc(F)cc2)nc1. The molecule has 2 rings (SSSR count). The fourth-order valence-corrected chi connectivity index (χ4v) is 1.52. The maximum Gasteiger partial charge on any atom is 0.274 e. The third kappa shape index (κ3) is 3.32. The molecule has 0 saturated heterocycles. The molecule has 0 aliphatic rings. The van der Waals surface area contributed by atoms with Gasteiger partial charge in [-0.1, -0.05) is 12.2 Å². The Hall–Kier alpha value is -2.34. The van der Waals surface area contributed by atoms with Gasteiger partial charge in [0, 0.05) is 17.4 Å². The van der Waals surface area contributed by atoms with Crippen LogP contribution in [-0.2, 0) is 0 Å². The van der Waals surface area contributed by atoms with Crippen LogP contribution in [0.4, 0.5) is 10.1 Å². The van der Waals surface area contributed by atoms with Crippen molar-refractivity contribution in [3.05, 3.63) is 59.7 Å². The van der Waals surface area contributed by atoms with Gasteiger partial charge in [0.1, 0.15) is 16.5 Å². The number of nitrogens with two attached hydrogens (primary N) is 1. The van der Waals surface area contributed by atoms with Crippen LogP contribution < -0.4 is 11.1 Å². The van der Waals surface area contributed by atoms with Crippen molar-refractivity contribution >= 4 is 28.8 Å². The Bertz CT molecular complexity index is 611. The molecule has 2 aromatic rings. The number of amides is 1. The molecule has 1 heterocycles. The van der Waals surface area contributed by atoms with Gasteiger partial charge in [0.05, 0.1) is 0 Å². The van der Waals surface area contributed by atoms with Crippen molar-refractivity contribution in [2.24, 2.45) is 5.73 Å². The van der Waals surface area contributed by atoms with Crippen LogP contribution >= 0.6 is 12.2 Å².